The molecule has 1 aromatic carbocycles. The minimum atomic E-state index is 0.773. The van der Waals surface area contributed by atoms with Crippen molar-refractivity contribution in [3.05, 3.63) is 72.1 Å². The number of aromatic nitrogens is 3. The van der Waals surface area contributed by atoms with Crippen molar-refractivity contribution in [1.29, 1.82) is 0 Å². The lowest BCUT2D eigenvalue weighted by molar-refractivity contribution is 0.688. The summed E-state index contributed by atoms with van der Waals surface area (Å²) in [5.74, 6) is 0. The van der Waals surface area contributed by atoms with E-state index in [0.717, 1.165) is 23.3 Å². The predicted octanol–water partition coefficient (Wildman–Crippen LogP) is 3.89. The minimum absolute atomic E-state index is 0.773. The molecule has 3 nitrogen and oxygen atoms in total. The van der Waals surface area contributed by atoms with Gasteiger partial charge in [0.15, 0.2) is 0 Å². The first-order chi connectivity index (χ1) is 9.85. The van der Waals surface area contributed by atoms with Gasteiger partial charge in [-0.3, -0.25) is 9.67 Å². The first kappa shape index (κ1) is 13.1. The predicted molar refractivity (Wildman–Crippen MR) is 83.6 cm³/mol. The topological polar surface area (TPSA) is 30.7 Å². The molecule has 0 aliphatic rings. The van der Waals surface area contributed by atoms with E-state index in [-0.39, 0.29) is 0 Å². The van der Waals surface area contributed by atoms with Crippen molar-refractivity contribution in [2.24, 2.45) is 0 Å². The number of hydrogen-bond donors (Lipinski definition) is 0. The second-order valence-corrected chi connectivity index (χ2v) is 5.12. The lowest BCUT2D eigenvalue weighted by atomic mass is 10.1. The van der Waals surface area contributed by atoms with Crippen molar-refractivity contribution in [3.63, 3.8) is 0 Å². The van der Waals surface area contributed by atoms with E-state index in [1.165, 1.54) is 11.1 Å². The van der Waals surface area contributed by atoms with Crippen LogP contribution in [0.1, 0.15) is 11.1 Å². The zero-order valence-corrected chi connectivity index (χ0v) is 12.5. The largest absolute Gasteiger partial charge is 0.268 e. The Morgan fingerprint density at radius 1 is 0.900 bits per heavy atom. The average molecular weight is 328 g/mol. The van der Waals surface area contributed by atoms with Gasteiger partial charge in [-0.2, -0.15) is 5.10 Å². The van der Waals surface area contributed by atoms with Crippen LogP contribution in [0.25, 0.3) is 11.4 Å². The molecule has 0 saturated carbocycles. The van der Waals surface area contributed by atoms with Gasteiger partial charge in [0, 0.05) is 17.7 Å². The molecule has 0 aliphatic carbocycles. The van der Waals surface area contributed by atoms with Crippen LogP contribution in [-0.2, 0) is 11.9 Å². The molecule has 2 aromatic heterocycles. The van der Waals surface area contributed by atoms with Crippen molar-refractivity contribution in [2.45, 2.75) is 11.9 Å². The molecule has 0 amide bonds. The zero-order valence-electron chi connectivity index (χ0n) is 10.9. The number of hydrogen-bond acceptors (Lipinski definition) is 2. The van der Waals surface area contributed by atoms with Gasteiger partial charge in [-0.05, 0) is 29.3 Å². The fraction of sp³-hybridized carbons (Fsp3) is 0.125. The molecule has 20 heavy (non-hydrogen) atoms. The van der Waals surface area contributed by atoms with Gasteiger partial charge in [-0.25, -0.2) is 0 Å². The van der Waals surface area contributed by atoms with E-state index in [0.29, 0.717) is 0 Å². The van der Waals surface area contributed by atoms with Crippen LogP contribution in [0.3, 0.4) is 0 Å². The maximum absolute atomic E-state index is 4.56. The Bertz CT molecular complexity index is 674. The molecule has 0 radical (unpaired) electrons. The Labute approximate surface area is 126 Å². The summed E-state index contributed by atoms with van der Waals surface area (Å²) in [6.45, 7) is 0.773. The molecular formula is C16H14BrN3. The van der Waals surface area contributed by atoms with E-state index in [2.05, 4.69) is 50.3 Å². The van der Waals surface area contributed by atoms with Crippen LogP contribution in [0.15, 0.2) is 60.9 Å². The summed E-state index contributed by atoms with van der Waals surface area (Å²) in [6.07, 6.45) is 3.77. The second-order valence-electron chi connectivity index (χ2n) is 4.56. The van der Waals surface area contributed by atoms with Crippen LogP contribution in [0.2, 0.25) is 0 Å². The van der Waals surface area contributed by atoms with Crippen LogP contribution in [-0.4, -0.2) is 14.8 Å². The van der Waals surface area contributed by atoms with Gasteiger partial charge in [0.25, 0.3) is 0 Å². The third-order valence-corrected chi connectivity index (χ3v) is 3.74. The quantitative estimate of drug-likeness (QED) is 0.680. The Kier molecular flexibility index (Phi) is 3.92. The summed E-state index contributed by atoms with van der Waals surface area (Å²) in [5.41, 5.74) is 4.33. The number of benzene rings is 1. The van der Waals surface area contributed by atoms with Crippen LogP contribution in [0.4, 0.5) is 0 Å². The molecule has 0 spiro atoms. The smallest absolute Gasteiger partial charge is 0.111 e. The molecule has 3 rings (SSSR count). The summed E-state index contributed by atoms with van der Waals surface area (Å²) >= 11 is 3.45. The SMILES string of the molecule is BrCc1ccc(Cn2ccc(-c3ccccn3)n2)cc1. The molecule has 4 heteroatoms. The highest BCUT2D eigenvalue weighted by Gasteiger charge is 2.03. The Hall–Kier alpha value is -1.94. The maximum atomic E-state index is 4.56. The first-order valence-corrected chi connectivity index (χ1v) is 7.56. The highest BCUT2D eigenvalue weighted by Crippen LogP contribution is 2.14. The summed E-state index contributed by atoms with van der Waals surface area (Å²) in [5, 5.41) is 5.45. The molecule has 0 saturated heterocycles. The summed E-state index contributed by atoms with van der Waals surface area (Å²) in [6, 6.07) is 16.4. The van der Waals surface area contributed by atoms with E-state index in [1.807, 2.05) is 35.1 Å². The van der Waals surface area contributed by atoms with Crippen molar-refractivity contribution in [3.8, 4) is 11.4 Å². The third-order valence-electron chi connectivity index (χ3n) is 3.09. The van der Waals surface area contributed by atoms with Gasteiger partial charge in [0.1, 0.15) is 5.69 Å². The van der Waals surface area contributed by atoms with Crippen LogP contribution < -0.4 is 0 Å². The van der Waals surface area contributed by atoms with Crippen molar-refractivity contribution >= 4 is 15.9 Å². The summed E-state index contributed by atoms with van der Waals surface area (Å²) < 4.78 is 1.94. The molecule has 100 valence electrons. The zero-order chi connectivity index (χ0) is 13.8. The van der Waals surface area contributed by atoms with E-state index in [1.54, 1.807) is 6.20 Å². The third kappa shape index (κ3) is 2.96. The molecule has 0 unspecified atom stereocenters. The van der Waals surface area contributed by atoms with Gasteiger partial charge in [-0.15, -0.1) is 0 Å². The van der Waals surface area contributed by atoms with E-state index in [9.17, 15) is 0 Å². The average Bonchev–Trinajstić information content (AvgIpc) is 2.97. The highest BCUT2D eigenvalue weighted by molar-refractivity contribution is 9.08. The number of pyridine rings is 1. The van der Waals surface area contributed by atoms with Gasteiger partial charge in [0.05, 0.1) is 12.2 Å². The van der Waals surface area contributed by atoms with Crippen LogP contribution in [0, 0.1) is 0 Å². The first-order valence-electron chi connectivity index (χ1n) is 6.44. The number of nitrogens with zero attached hydrogens (tertiary/aromatic N) is 3. The minimum Gasteiger partial charge on any atom is -0.268 e. The van der Waals surface area contributed by atoms with Crippen LogP contribution >= 0.6 is 15.9 Å². The van der Waals surface area contributed by atoms with E-state index < -0.39 is 0 Å². The Balaban J connectivity index is 1.77. The van der Waals surface area contributed by atoms with Gasteiger partial charge in [0.2, 0.25) is 0 Å². The monoisotopic (exact) mass is 327 g/mol. The van der Waals surface area contributed by atoms with Crippen LogP contribution in [0.5, 0.6) is 0 Å². The number of halogens is 1. The van der Waals surface area contributed by atoms with Gasteiger partial charge >= 0.3 is 0 Å². The van der Waals surface area contributed by atoms with E-state index >= 15 is 0 Å². The van der Waals surface area contributed by atoms with Gasteiger partial charge < -0.3 is 0 Å². The molecule has 3 aromatic rings. The molecule has 0 atom stereocenters. The Morgan fingerprint density at radius 2 is 1.70 bits per heavy atom. The molecule has 0 bridgehead atoms. The summed E-state index contributed by atoms with van der Waals surface area (Å²) in [4.78, 5) is 4.31. The second kappa shape index (κ2) is 6.01. The normalized spacial score (nSPS) is 10.7. The van der Waals surface area contributed by atoms with Crippen molar-refractivity contribution < 1.29 is 0 Å². The number of alkyl halides is 1. The lowest BCUT2D eigenvalue weighted by Gasteiger charge is -2.03. The number of rotatable bonds is 4. The Morgan fingerprint density at radius 3 is 2.40 bits per heavy atom. The molecular weight excluding hydrogens is 314 g/mol. The van der Waals surface area contributed by atoms with Gasteiger partial charge in [-0.1, -0.05) is 46.3 Å². The fourth-order valence-corrected chi connectivity index (χ4v) is 2.40. The molecule has 0 N–H and O–H groups in total. The van der Waals surface area contributed by atoms with Crippen molar-refractivity contribution in [2.75, 3.05) is 0 Å². The highest BCUT2D eigenvalue weighted by atomic mass is 79.9. The summed E-state index contributed by atoms with van der Waals surface area (Å²) in [7, 11) is 0. The molecule has 2 heterocycles. The van der Waals surface area contributed by atoms with E-state index in [4.69, 9.17) is 0 Å². The lowest BCUT2D eigenvalue weighted by Crippen LogP contribution is -2.00. The standard InChI is InChI=1S/C16H14BrN3/c17-11-13-4-6-14(7-5-13)12-20-10-8-16(19-20)15-3-1-2-9-18-15/h1-10H,11-12H2. The molecule has 0 fully saturated rings. The maximum Gasteiger partial charge on any atom is 0.111 e. The van der Waals surface area contributed by atoms with Crippen molar-refractivity contribution in [1.82, 2.24) is 14.8 Å². The molecule has 0 aliphatic heterocycles. The fourth-order valence-electron chi connectivity index (χ4n) is 2.02.